The zero-order valence-electron chi connectivity index (χ0n) is 16.8. The molecule has 29 heavy (non-hydrogen) atoms. The number of aryl methyl sites for hydroxylation is 1. The van der Waals surface area contributed by atoms with Gasteiger partial charge in [0.1, 0.15) is 11.6 Å². The summed E-state index contributed by atoms with van der Waals surface area (Å²) in [7, 11) is 0. The van der Waals surface area contributed by atoms with Crippen molar-refractivity contribution in [2.45, 2.75) is 27.3 Å². The molecule has 0 saturated heterocycles. The van der Waals surface area contributed by atoms with Crippen LogP contribution in [0, 0.1) is 18.3 Å². The second-order valence-corrected chi connectivity index (χ2v) is 6.73. The summed E-state index contributed by atoms with van der Waals surface area (Å²) in [5, 5.41) is 15.8. The molecule has 0 radical (unpaired) electrons. The largest absolute Gasteiger partial charge is 1.00 e. The van der Waals surface area contributed by atoms with Gasteiger partial charge in [-0.05, 0) is 62.2 Å². The van der Waals surface area contributed by atoms with E-state index in [2.05, 4.69) is 35.4 Å². The van der Waals surface area contributed by atoms with Crippen molar-refractivity contribution in [3.63, 3.8) is 0 Å². The molecule has 2 rings (SSSR count). The van der Waals surface area contributed by atoms with Crippen LogP contribution in [0.5, 0.6) is 0 Å². The SMILES string of the molecule is CCN(CC)c1ccc(N/C=C(/C#N)C(=O)NCc2ccc(Cl)cc2)c(C)c1.[Cl-]. The van der Waals surface area contributed by atoms with Crippen molar-refractivity contribution in [3.05, 3.63) is 70.4 Å². The second-order valence-electron chi connectivity index (χ2n) is 6.29. The highest BCUT2D eigenvalue weighted by atomic mass is 35.5. The van der Waals surface area contributed by atoms with E-state index in [0.717, 1.165) is 35.6 Å². The molecule has 0 fully saturated rings. The number of nitriles is 1. The fourth-order valence-corrected chi connectivity index (χ4v) is 2.90. The highest BCUT2D eigenvalue weighted by Crippen LogP contribution is 2.23. The van der Waals surface area contributed by atoms with Gasteiger partial charge in [-0.2, -0.15) is 5.26 Å². The van der Waals surface area contributed by atoms with E-state index in [4.69, 9.17) is 11.6 Å². The number of carbonyl (C=O) groups excluding carboxylic acids is 1. The lowest BCUT2D eigenvalue weighted by atomic mass is 10.1. The Morgan fingerprint density at radius 3 is 2.38 bits per heavy atom. The fraction of sp³-hybridized carbons (Fsp3) is 0.273. The van der Waals surface area contributed by atoms with E-state index in [9.17, 15) is 10.1 Å². The monoisotopic (exact) mass is 431 g/mol. The van der Waals surface area contributed by atoms with Gasteiger partial charge in [0.15, 0.2) is 0 Å². The van der Waals surface area contributed by atoms with E-state index in [0.29, 0.717) is 11.6 Å². The van der Waals surface area contributed by atoms with Crippen molar-refractivity contribution in [2.24, 2.45) is 0 Å². The van der Waals surface area contributed by atoms with Crippen LogP contribution < -0.4 is 27.9 Å². The number of hydrogen-bond acceptors (Lipinski definition) is 4. The van der Waals surface area contributed by atoms with Crippen LogP contribution >= 0.6 is 11.6 Å². The van der Waals surface area contributed by atoms with E-state index in [1.54, 1.807) is 12.1 Å². The summed E-state index contributed by atoms with van der Waals surface area (Å²) in [5.41, 5.74) is 3.97. The van der Waals surface area contributed by atoms with Crippen LogP contribution in [0.3, 0.4) is 0 Å². The Morgan fingerprint density at radius 2 is 1.83 bits per heavy atom. The Kier molecular flexibility index (Phi) is 10.1. The maximum Gasteiger partial charge on any atom is 0.263 e. The van der Waals surface area contributed by atoms with Gasteiger partial charge in [0, 0.05) is 42.2 Å². The molecule has 0 unspecified atom stereocenters. The molecule has 1 amide bonds. The number of nitrogens with zero attached hydrogens (tertiary/aromatic N) is 2. The number of rotatable bonds is 8. The average molecular weight is 432 g/mol. The van der Waals surface area contributed by atoms with E-state index in [1.165, 1.54) is 6.20 Å². The number of anilines is 2. The zero-order valence-corrected chi connectivity index (χ0v) is 18.3. The van der Waals surface area contributed by atoms with Crippen molar-refractivity contribution in [1.29, 1.82) is 5.26 Å². The van der Waals surface area contributed by atoms with Gasteiger partial charge in [-0.1, -0.05) is 23.7 Å². The first-order chi connectivity index (χ1) is 13.5. The lowest BCUT2D eigenvalue weighted by molar-refractivity contribution is -0.117. The molecular formula is C22H25Cl2N4O-. The summed E-state index contributed by atoms with van der Waals surface area (Å²) in [4.78, 5) is 14.5. The molecule has 0 aliphatic rings. The van der Waals surface area contributed by atoms with E-state index < -0.39 is 5.91 Å². The van der Waals surface area contributed by atoms with E-state index >= 15 is 0 Å². The molecule has 2 aromatic carbocycles. The van der Waals surface area contributed by atoms with Gasteiger partial charge in [-0.15, -0.1) is 0 Å². The Morgan fingerprint density at radius 1 is 1.17 bits per heavy atom. The van der Waals surface area contributed by atoms with Crippen LogP contribution in [0.15, 0.2) is 54.2 Å². The third-order valence-electron chi connectivity index (χ3n) is 4.44. The number of halogens is 2. The molecule has 2 aromatic rings. The molecule has 0 aliphatic heterocycles. The Bertz CT molecular complexity index is 885. The number of benzene rings is 2. The Balaban J connectivity index is 0.00000420. The molecule has 154 valence electrons. The minimum Gasteiger partial charge on any atom is -1.00 e. The van der Waals surface area contributed by atoms with Gasteiger partial charge in [0.25, 0.3) is 5.91 Å². The highest BCUT2D eigenvalue weighted by molar-refractivity contribution is 6.30. The third kappa shape index (κ3) is 7.01. The van der Waals surface area contributed by atoms with Gasteiger partial charge in [-0.3, -0.25) is 4.79 Å². The summed E-state index contributed by atoms with van der Waals surface area (Å²) in [5.74, 6) is -0.428. The van der Waals surface area contributed by atoms with Gasteiger partial charge in [-0.25, -0.2) is 0 Å². The van der Waals surface area contributed by atoms with E-state index in [1.807, 2.05) is 37.3 Å². The van der Waals surface area contributed by atoms with Gasteiger partial charge in [0.05, 0.1) is 0 Å². The maximum atomic E-state index is 12.3. The molecular weight excluding hydrogens is 407 g/mol. The molecule has 0 aromatic heterocycles. The highest BCUT2D eigenvalue weighted by Gasteiger charge is 2.09. The molecule has 0 heterocycles. The smallest absolute Gasteiger partial charge is 0.263 e. The molecule has 2 N–H and O–H groups in total. The minimum atomic E-state index is -0.428. The predicted molar refractivity (Wildman–Crippen MR) is 115 cm³/mol. The first kappa shape index (κ1) is 24.4. The third-order valence-corrected chi connectivity index (χ3v) is 4.69. The standard InChI is InChI=1S/C22H25ClN4O.ClH/c1-4-27(5-2)20-10-11-21(16(3)12-20)25-15-18(13-24)22(28)26-14-17-6-8-19(23)9-7-17;/h6-12,15,25H,4-5,14H2,1-3H3,(H,26,28);1H/p-1/b18-15-;. The van der Waals surface area contributed by atoms with Gasteiger partial charge in [0.2, 0.25) is 0 Å². The molecule has 0 spiro atoms. The first-order valence-corrected chi connectivity index (χ1v) is 9.61. The number of carbonyl (C=O) groups is 1. The van der Waals surface area contributed by atoms with Crippen LogP contribution in [-0.2, 0) is 11.3 Å². The van der Waals surface area contributed by atoms with Gasteiger partial charge < -0.3 is 27.9 Å². The summed E-state index contributed by atoms with van der Waals surface area (Å²) >= 11 is 5.85. The fourth-order valence-electron chi connectivity index (χ4n) is 2.77. The zero-order chi connectivity index (χ0) is 20.5. The Hall–Kier alpha value is -2.68. The summed E-state index contributed by atoms with van der Waals surface area (Å²) < 4.78 is 0. The van der Waals surface area contributed by atoms with Crippen molar-refractivity contribution >= 4 is 28.9 Å². The lowest BCUT2D eigenvalue weighted by Gasteiger charge is -2.22. The van der Waals surface area contributed by atoms with Crippen LogP contribution in [0.25, 0.3) is 0 Å². The van der Waals surface area contributed by atoms with Crippen molar-refractivity contribution < 1.29 is 17.2 Å². The van der Waals surface area contributed by atoms with Crippen molar-refractivity contribution in [2.75, 3.05) is 23.3 Å². The summed E-state index contributed by atoms with van der Waals surface area (Å²) in [6.45, 7) is 8.44. The van der Waals surface area contributed by atoms with Crippen LogP contribution in [0.4, 0.5) is 11.4 Å². The van der Waals surface area contributed by atoms with Crippen LogP contribution in [-0.4, -0.2) is 19.0 Å². The summed E-state index contributed by atoms with van der Waals surface area (Å²) in [6, 6.07) is 15.2. The number of amides is 1. The lowest BCUT2D eigenvalue weighted by Crippen LogP contribution is -3.00. The quantitative estimate of drug-likeness (QED) is 0.492. The van der Waals surface area contributed by atoms with Crippen molar-refractivity contribution in [1.82, 2.24) is 5.32 Å². The molecule has 0 atom stereocenters. The molecule has 0 saturated carbocycles. The average Bonchev–Trinajstić information content (AvgIpc) is 2.70. The molecule has 7 heteroatoms. The minimum absolute atomic E-state index is 0. The Labute approximate surface area is 183 Å². The topological polar surface area (TPSA) is 68.2 Å². The second kappa shape index (κ2) is 12.0. The van der Waals surface area contributed by atoms with Crippen LogP contribution in [0.1, 0.15) is 25.0 Å². The van der Waals surface area contributed by atoms with Crippen molar-refractivity contribution in [3.8, 4) is 6.07 Å². The summed E-state index contributed by atoms with van der Waals surface area (Å²) in [6.07, 6.45) is 1.44. The number of hydrogen-bond donors (Lipinski definition) is 2. The predicted octanol–water partition coefficient (Wildman–Crippen LogP) is 1.63. The number of nitrogens with one attached hydrogen (secondary N) is 2. The van der Waals surface area contributed by atoms with E-state index in [-0.39, 0.29) is 18.0 Å². The van der Waals surface area contributed by atoms with Crippen LogP contribution in [0.2, 0.25) is 5.02 Å². The molecule has 0 aliphatic carbocycles. The van der Waals surface area contributed by atoms with Gasteiger partial charge >= 0.3 is 0 Å². The molecule has 5 nitrogen and oxygen atoms in total. The first-order valence-electron chi connectivity index (χ1n) is 9.23. The maximum absolute atomic E-state index is 12.3. The normalized spacial score (nSPS) is 10.5. The molecule has 0 bridgehead atoms.